The van der Waals surface area contributed by atoms with E-state index in [0.29, 0.717) is 18.9 Å². The molecule has 0 heterocycles. The number of hydrogen-bond acceptors (Lipinski definition) is 2. The van der Waals surface area contributed by atoms with Crippen LogP contribution in [0.25, 0.3) is 0 Å². The van der Waals surface area contributed by atoms with Gasteiger partial charge in [0.05, 0.1) is 0 Å². The van der Waals surface area contributed by atoms with Crippen molar-refractivity contribution in [3.05, 3.63) is 0 Å². The summed E-state index contributed by atoms with van der Waals surface area (Å²) in [5, 5.41) is 11.0. The maximum atomic E-state index is 12.8. The van der Waals surface area contributed by atoms with Gasteiger partial charge in [0, 0.05) is 26.1 Å². The van der Waals surface area contributed by atoms with Crippen molar-refractivity contribution in [3.63, 3.8) is 0 Å². The van der Waals surface area contributed by atoms with Crippen LogP contribution in [0, 0.1) is 0 Å². The van der Waals surface area contributed by atoms with E-state index < -0.39 is 6.09 Å². The molecule has 0 atom stereocenters. The number of carboxylic acid groups (broad SMARTS) is 1. The van der Waals surface area contributed by atoms with Crippen molar-refractivity contribution in [2.75, 3.05) is 19.6 Å². The normalized spacial score (nSPS) is 10.9. The number of amides is 2. The lowest BCUT2D eigenvalue weighted by Crippen LogP contribution is -2.32. The van der Waals surface area contributed by atoms with Crippen molar-refractivity contribution in [2.24, 2.45) is 0 Å². The summed E-state index contributed by atoms with van der Waals surface area (Å²) in [7, 11) is 0. The Balaban J connectivity index is 4.03. The molecule has 0 aliphatic heterocycles. The highest BCUT2D eigenvalue weighted by Crippen LogP contribution is 2.12. The Morgan fingerprint density at radius 3 is 1.52 bits per heavy atom. The van der Waals surface area contributed by atoms with Gasteiger partial charge in [0.25, 0.3) is 0 Å². The molecule has 0 rings (SSSR count). The third kappa shape index (κ3) is 21.7. The summed E-state index contributed by atoms with van der Waals surface area (Å²) in [4.78, 5) is 25.3. The average molecular weight is 441 g/mol. The number of unbranched alkanes of at least 4 members (excludes halogenated alkanes) is 15. The van der Waals surface area contributed by atoms with Crippen LogP contribution < -0.4 is 5.32 Å². The largest absolute Gasteiger partial charge is 0.465 e. The van der Waals surface area contributed by atoms with E-state index >= 15 is 0 Å². The molecular weight excluding hydrogens is 388 g/mol. The van der Waals surface area contributed by atoms with E-state index in [-0.39, 0.29) is 0 Å². The maximum absolute atomic E-state index is 12.8. The molecule has 0 unspecified atom stereocenters. The van der Waals surface area contributed by atoms with Gasteiger partial charge in [-0.25, -0.2) is 4.79 Å². The van der Waals surface area contributed by atoms with Gasteiger partial charge in [0.1, 0.15) is 0 Å². The quantitative estimate of drug-likeness (QED) is 0.161. The fourth-order valence-corrected chi connectivity index (χ4v) is 3.99. The third-order valence-electron chi connectivity index (χ3n) is 6.01. The molecule has 5 heteroatoms. The molecule has 2 amide bonds. The minimum absolute atomic E-state index is 0.340. The Morgan fingerprint density at radius 2 is 1.03 bits per heavy atom. The van der Waals surface area contributed by atoms with E-state index in [1.54, 1.807) is 0 Å². The monoisotopic (exact) mass is 440 g/mol. The highest BCUT2D eigenvalue weighted by molar-refractivity contribution is 5.76. The van der Waals surface area contributed by atoms with Crippen molar-refractivity contribution in [3.8, 4) is 0 Å². The summed E-state index contributed by atoms with van der Waals surface area (Å²) < 4.78 is 0. The molecular formula is C26H52N2O3. The predicted octanol–water partition coefficient (Wildman–Crippen LogP) is 7.53. The number of nitrogens with zero attached hydrogens (tertiary/aromatic N) is 1. The second-order valence-electron chi connectivity index (χ2n) is 9.02. The van der Waals surface area contributed by atoms with E-state index in [1.807, 2.05) is 0 Å². The van der Waals surface area contributed by atoms with Gasteiger partial charge in [-0.15, -0.1) is 0 Å². The van der Waals surface area contributed by atoms with E-state index in [9.17, 15) is 9.59 Å². The van der Waals surface area contributed by atoms with Crippen LogP contribution in [0.4, 0.5) is 4.79 Å². The highest BCUT2D eigenvalue weighted by atomic mass is 16.4. The fraction of sp³-hybridized carbons (Fsp3) is 0.923. The molecule has 0 aliphatic rings. The van der Waals surface area contributed by atoms with Gasteiger partial charge < -0.3 is 15.3 Å². The third-order valence-corrected chi connectivity index (χ3v) is 6.01. The summed E-state index contributed by atoms with van der Waals surface area (Å²) in [6.07, 6.45) is 21.3. The molecule has 0 fully saturated rings. The minimum Gasteiger partial charge on any atom is -0.465 e. The van der Waals surface area contributed by atoms with Crippen molar-refractivity contribution < 1.29 is 14.7 Å². The molecule has 184 valence electrons. The first kappa shape index (κ1) is 29.7. The maximum Gasteiger partial charge on any atom is 0.404 e. The molecule has 0 saturated heterocycles. The van der Waals surface area contributed by atoms with Crippen LogP contribution in [0.15, 0.2) is 0 Å². The summed E-state index contributed by atoms with van der Waals surface area (Å²) in [5.74, 6) is 0.340. The van der Waals surface area contributed by atoms with Crippen LogP contribution >= 0.6 is 0 Å². The van der Waals surface area contributed by atoms with Gasteiger partial charge in [0.15, 0.2) is 0 Å². The summed E-state index contributed by atoms with van der Waals surface area (Å²) in [6, 6.07) is 0. The van der Waals surface area contributed by atoms with Crippen molar-refractivity contribution in [1.82, 2.24) is 10.2 Å². The molecule has 0 aromatic carbocycles. The number of nitrogens with one attached hydrogen (secondary N) is 1. The molecule has 0 aromatic heterocycles. The molecule has 0 aromatic rings. The first-order chi connectivity index (χ1) is 15.1. The van der Waals surface area contributed by atoms with E-state index in [1.165, 1.54) is 70.6 Å². The molecule has 0 saturated carbocycles. The zero-order chi connectivity index (χ0) is 23.0. The molecule has 0 bridgehead atoms. The van der Waals surface area contributed by atoms with Crippen LogP contribution in [0.5, 0.6) is 0 Å². The molecule has 2 N–H and O–H groups in total. The minimum atomic E-state index is -0.947. The molecule has 0 aliphatic carbocycles. The average Bonchev–Trinajstić information content (AvgIpc) is 2.75. The van der Waals surface area contributed by atoms with Gasteiger partial charge in [-0.1, -0.05) is 104 Å². The molecule has 0 radical (unpaired) electrons. The SMILES string of the molecule is CCCCCCCCCN(CCCCCCCC)C(=O)CCCCCCCNC(=O)O. The first-order valence-corrected chi connectivity index (χ1v) is 13.4. The van der Waals surface area contributed by atoms with Gasteiger partial charge >= 0.3 is 6.09 Å². The number of carbonyl (C=O) groups excluding carboxylic acids is 1. The van der Waals surface area contributed by atoms with Crippen LogP contribution in [0.2, 0.25) is 0 Å². The Kier molecular flexibility index (Phi) is 22.5. The fourth-order valence-electron chi connectivity index (χ4n) is 3.99. The van der Waals surface area contributed by atoms with Gasteiger partial charge in [-0.05, 0) is 25.7 Å². The topological polar surface area (TPSA) is 69.6 Å². The summed E-state index contributed by atoms with van der Waals surface area (Å²) >= 11 is 0. The van der Waals surface area contributed by atoms with Gasteiger partial charge in [-0.2, -0.15) is 0 Å². The number of rotatable bonds is 23. The summed E-state index contributed by atoms with van der Waals surface area (Å²) in [5.41, 5.74) is 0. The van der Waals surface area contributed by atoms with Crippen LogP contribution in [0.1, 0.15) is 136 Å². The lowest BCUT2D eigenvalue weighted by atomic mass is 10.1. The van der Waals surface area contributed by atoms with Gasteiger partial charge in [0.2, 0.25) is 5.91 Å². The second-order valence-corrected chi connectivity index (χ2v) is 9.02. The smallest absolute Gasteiger partial charge is 0.404 e. The van der Waals surface area contributed by atoms with Crippen LogP contribution in [-0.2, 0) is 4.79 Å². The van der Waals surface area contributed by atoms with Gasteiger partial charge in [-0.3, -0.25) is 4.79 Å². The Bertz CT molecular complexity index is 415. The lowest BCUT2D eigenvalue weighted by Gasteiger charge is -2.23. The van der Waals surface area contributed by atoms with Crippen LogP contribution in [-0.4, -0.2) is 41.6 Å². The predicted molar refractivity (Wildman–Crippen MR) is 132 cm³/mol. The highest BCUT2D eigenvalue weighted by Gasteiger charge is 2.12. The van der Waals surface area contributed by atoms with Crippen molar-refractivity contribution >= 4 is 12.0 Å². The Hall–Kier alpha value is -1.26. The zero-order valence-electron chi connectivity index (χ0n) is 20.8. The number of carbonyl (C=O) groups is 2. The second kappa shape index (κ2) is 23.4. The first-order valence-electron chi connectivity index (χ1n) is 13.4. The van der Waals surface area contributed by atoms with E-state index in [4.69, 9.17) is 5.11 Å². The standard InChI is InChI=1S/C26H52N2O3/c1-3-5-7-9-11-16-20-24-28(23-19-15-10-8-6-4-2)25(29)21-17-13-12-14-18-22-27-26(30)31/h27H,3-24H2,1-2H3,(H,30,31). The molecule has 5 nitrogen and oxygen atoms in total. The van der Waals surface area contributed by atoms with E-state index in [2.05, 4.69) is 24.1 Å². The Morgan fingerprint density at radius 1 is 0.613 bits per heavy atom. The van der Waals surface area contributed by atoms with Crippen molar-refractivity contribution in [1.29, 1.82) is 0 Å². The van der Waals surface area contributed by atoms with E-state index in [0.717, 1.165) is 58.0 Å². The number of hydrogen-bond donors (Lipinski definition) is 2. The van der Waals surface area contributed by atoms with Crippen LogP contribution in [0.3, 0.4) is 0 Å². The molecule has 0 spiro atoms. The zero-order valence-corrected chi connectivity index (χ0v) is 20.8. The molecule has 31 heavy (non-hydrogen) atoms. The lowest BCUT2D eigenvalue weighted by molar-refractivity contribution is -0.131. The summed E-state index contributed by atoms with van der Waals surface area (Å²) in [6.45, 7) is 6.89. The Labute approximate surface area is 192 Å². The van der Waals surface area contributed by atoms with Crippen molar-refractivity contribution in [2.45, 2.75) is 136 Å².